The fraction of sp³-hybridized carbons (Fsp3) is 0.381. The number of carbonyl (C=O) groups is 2. The van der Waals surface area contributed by atoms with Gasteiger partial charge in [-0.2, -0.15) is 0 Å². The minimum atomic E-state index is -0.235. The number of pyridine rings is 1. The van der Waals surface area contributed by atoms with Crippen molar-refractivity contribution < 1.29 is 9.59 Å². The topological polar surface area (TPSA) is 74.3 Å². The summed E-state index contributed by atoms with van der Waals surface area (Å²) in [7, 11) is 0. The summed E-state index contributed by atoms with van der Waals surface area (Å²) in [5.74, 6) is -0.199. The molecule has 8 heteroatoms. The van der Waals surface area contributed by atoms with E-state index in [1.807, 2.05) is 11.0 Å². The molecular weight excluding hydrogens is 411 g/mol. The summed E-state index contributed by atoms with van der Waals surface area (Å²) in [6.07, 6.45) is 6.48. The second-order valence-electron chi connectivity index (χ2n) is 7.50. The van der Waals surface area contributed by atoms with E-state index in [1.165, 1.54) is 12.6 Å². The highest BCUT2D eigenvalue weighted by Crippen LogP contribution is 2.37. The highest BCUT2D eigenvalue weighted by Gasteiger charge is 2.38. The Morgan fingerprint density at radius 2 is 1.79 bits per heavy atom. The predicted octanol–water partition coefficient (Wildman–Crippen LogP) is 3.39. The molecule has 0 unspecified atom stereocenters. The van der Waals surface area contributed by atoms with Gasteiger partial charge in [-0.1, -0.05) is 6.07 Å². The molecule has 156 valence electrons. The second kappa shape index (κ2) is 10.1. The number of aromatic nitrogens is 1. The van der Waals surface area contributed by atoms with Gasteiger partial charge in [0.25, 0.3) is 11.8 Å². The Kier molecular flexibility index (Phi) is 8.02. The van der Waals surface area contributed by atoms with Crippen LogP contribution in [-0.4, -0.2) is 47.9 Å². The monoisotopic (exact) mass is 436 g/mol. The normalized spacial score (nSPS) is 17.2. The zero-order valence-electron chi connectivity index (χ0n) is 16.1. The highest BCUT2D eigenvalue weighted by molar-refractivity contribution is 6.04. The number of amides is 2. The molecule has 3 heterocycles. The fourth-order valence-electron chi connectivity index (χ4n) is 4.02. The van der Waals surface area contributed by atoms with E-state index < -0.39 is 0 Å². The number of nitrogens with zero attached hydrogens (tertiary/aromatic N) is 2. The molecular formula is C21H26Cl2N4O2. The van der Waals surface area contributed by atoms with Crippen LogP contribution in [0.4, 0.5) is 5.69 Å². The van der Waals surface area contributed by atoms with Crippen molar-refractivity contribution in [2.75, 3.05) is 31.5 Å². The van der Waals surface area contributed by atoms with E-state index in [9.17, 15) is 9.59 Å². The van der Waals surface area contributed by atoms with Crippen molar-refractivity contribution in [2.45, 2.75) is 19.3 Å². The van der Waals surface area contributed by atoms with Crippen LogP contribution in [0.5, 0.6) is 0 Å². The van der Waals surface area contributed by atoms with Crippen LogP contribution in [0.3, 0.4) is 0 Å². The molecule has 0 radical (unpaired) electrons. The number of anilines is 1. The number of benzene rings is 1. The molecule has 2 aromatic rings. The number of hydrogen-bond acceptors (Lipinski definition) is 4. The average Bonchev–Trinajstić information content (AvgIpc) is 3.17. The number of hydrogen-bond donors (Lipinski definition) is 2. The zero-order chi connectivity index (χ0) is 18.7. The first-order valence-corrected chi connectivity index (χ1v) is 9.47. The van der Waals surface area contributed by atoms with Crippen molar-refractivity contribution in [1.82, 2.24) is 15.2 Å². The number of halogens is 2. The third kappa shape index (κ3) is 5.26. The van der Waals surface area contributed by atoms with Gasteiger partial charge in [0.05, 0.1) is 5.56 Å². The molecule has 1 spiro atoms. The van der Waals surface area contributed by atoms with Crippen LogP contribution in [0, 0.1) is 5.41 Å². The number of likely N-dealkylation sites (tertiary alicyclic amines) is 1. The lowest BCUT2D eigenvalue weighted by Crippen LogP contribution is -2.44. The largest absolute Gasteiger partial charge is 0.339 e. The molecule has 2 aliphatic heterocycles. The van der Waals surface area contributed by atoms with Gasteiger partial charge in [0.15, 0.2) is 0 Å². The maximum absolute atomic E-state index is 12.9. The van der Waals surface area contributed by atoms with E-state index >= 15 is 0 Å². The molecule has 29 heavy (non-hydrogen) atoms. The van der Waals surface area contributed by atoms with Crippen molar-refractivity contribution in [3.05, 3.63) is 59.9 Å². The second-order valence-corrected chi connectivity index (χ2v) is 7.50. The van der Waals surface area contributed by atoms with Crippen molar-refractivity contribution in [3.8, 4) is 0 Å². The van der Waals surface area contributed by atoms with Crippen molar-refractivity contribution in [2.24, 2.45) is 5.41 Å². The molecule has 2 aliphatic rings. The molecule has 1 aromatic heterocycles. The van der Waals surface area contributed by atoms with E-state index in [0.29, 0.717) is 22.2 Å². The van der Waals surface area contributed by atoms with Crippen molar-refractivity contribution >= 4 is 42.3 Å². The van der Waals surface area contributed by atoms with Gasteiger partial charge in [0, 0.05) is 43.3 Å². The quantitative estimate of drug-likeness (QED) is 0.772. The number of carbonyl (C=O) groups excluding carboxylic acids is 2. The molecule has 1 aromatic carbocycles. The van der Waals surface area contributed by atoms with Gasteiger partial charge in [0.1, 0.15) is 0 Å². The van der Waals surface area contributed by atoms with E-state index in [4.69, 9.17) is 0 Å². The SMILES string of the molecule is Cl.Cl.O=C(Nc1cccc(C(=O)N2CCC3(CCNC3)CC2)c1)c1cccnc1. The maximum atomic E-state index is 12.9. The van der Waals surface area contributed by atoms with Crippen LogP contribution in [0.25, 0.3) is 0 Å². The third-order valence-electron chi connectivity index (χ3n) is 5.73. The first kappa shape index (κ1) is 23.1. The zero-order valence-corrected chi connectivity index (χ0v) is 17.7. The van der Waals surface area contributed by atoms with Gasteiger partial charge < -0.3 is 15.5 Å². The summed E-state index contributed by atoms with van der Waals surface area (Å²) in [6.45, 7) is 3.76. The lowest BCUT2D eigenvalue weighted by Gasteiger charge is -2.39. The van der Waals surface area contributed by atoms with E-state index in [2.05, 4.69) is 15.6 Å². The van der Waals surface area contributed by atoms with E-state index in [0.717, 1.165) is 39.0 Å². The summed E-state index contributed by atoms with van der Waals surface area (Å²) < 4.78 is 0. The van der Waals surface area contributed by atoms with Crippen LogP contribution in [0.2, 0.25) is 0 Å². The summed E-state index contributed by atoms with van der Waals surface area (Å²) in [6, 6.07) is 10.6. The van der Waals surface area contributed by atoms with Crippen LogP contribution in [0.1, 0.15) is 40.0 Å². The summed E-state index contributed by atoms with van der Waals surface area (Å²) in [4.78, 5) is 31.1. The maximum Gasteiger partial charge on any atom is 0.257 e. The van der Waals surface area contributed by atoms with Crippen LogP contribution in [0.15, 0.2) is 48.8 Å². The Bertz CT molecular complexity index is 832. The third-order valence-corrected chi connectivity index (χ3v) is 5.73. The van der Waals surface area contributed by atoms with Crippen molar-refractivity contribution in [1.29, 1.82) is 0 Å². The van der Waals surface area contributed by atoms with Gasteiger partial charge in [-0.05, 0) is 61.6 Å². The highest BCUT2D eigenvalue weighted by atomic mass is 35.5. The Balaban J connectivity index is 0.00000150. The van der Waals surface area contributed by atoms with Gasteiger partial charge in [-0.3, -0.25) is 14.6 Å². The summed E-state index contributed by atoms with van der Waals surface area (Å²) in [5, 5.41) is 6.29. The Labute approximate surface area is 183 Å². The Hall–Kier alpha value is -2.15. The van der Waals surface area contributed by atoms with Crippen LogP contribution < -0.4 is 10.6 Å². The van der Waals surface area contributed by atoms with Gasteiger partial charge >= 0.3 is 0 Å². The molecule has 0 aliphatic carbocycles. The van der Waals surface area contributed by atoms with Crippen molar-refractivity contribution in [3.63, 3.8) is 0 Å². The van der Waals surface area contributed by atoms with Gasteiger partial charge in [-0.25, -0.2) is 0 Å². The number of rotatable bonds is 3. The molecule has 2 N–H and O–H groups in total. The first-order chi connectivity index (χ1) is 13.2. The Morgan fingerprint density at radius 3 is 2.45 bits per heavy atom. The van der Waals surface area contributed by atoms with Crippen LogP contribution in [-0.2, 0) is 0 Å². The fourth-order valence-corrected chi connectivity index (χ4v) is 4.02. The molecule has 2 amide bonds. The molecule has 2 fully saturated rings. The van der Waals surface area contributed by atoms with E-state index in [-0.39, 0.29) is 36.6 Å². The van der Waals surface area contributed by atoms with Crippen LogP contribution >= 0.6 is 24.8 Å². The Morgan fingerprint density at radius 1 is 1.03 bits per heavy atom. The lowest BCUT2D eigenvalue weighted by atomic mass is 9.78. The predicted molar refractivity (Wildman–Crippen MR) is 118 cm³/mol. The standard InChI is InChI=1S/C21H24N4O2.2ClH/c26-19(17-4-2-9-22-14-17)24-18-5-1-3-16(13-18)20(27)25-11-7-21(8-12-25)6-10-23-15-21;;/h1-5,9,13-14,23H,6-8,10-12,15H2,(H,24,26);2*1H. The van der Waals surface area contributed by atoms with E-state index in [1.54, 1.807) is 36.5 Å². The average molecular weight is 437 g/mol. The number of piperidine rings is 1. The lowest BCUT2D eigenvalue weighted by molar-refractivity contribution is 0.0607. The molecule has 4 rings (SSSR count). The smallest absolute Gasteiger partial charge is 0.257 e. The number of nitrogens with one attached hydrogen (secondary N) is 2. The summed E-state index contributed by atoms with van der Waals surface area (Å²) in [5.41, 5.74) is 2.10. The summed E-state index contributed by atoms with van der Waals surface area (Å²) >= 11 is 0. The van der Waals surface area contributed by atoms with Gasteiger partial charge in [0.2, 0.25) is 0 Å². The molecule has 0 saturated carbocycles. The molecule has 6 nitrogen and oxygen atoms in total. The molecule has 0 bridgehead atoms. The molecule has 2 saturated heterocycles. The minimum absolute atomic E-state index is 0. The minimum Gasteiger partial charge on any atom is -0.339 e. The van der Waals surface area contributed by atoms with Gasteiger partial charge in [-0.15, -0.1) is 24.8 Å². The molecule has 0 atom stereocenters. The first-order valence-electron chi connectivity index (χ1n) is 9.47.